The van der Waals surface area contributed by atoms with Crippen LogP contribution < -0.4 is 21.0 Å². The molecule has 290 valence electrons. The molecule has 1 aliphatic heterocycles. The monoisotopic (exact) mass is 728 g/mol. The first-order valence-corrected chi connectivity index (χ1v) is 20.5. The molecule has 1 atom stereocenters. The van der Waals surface area contributed by atoms with Gasteiger partial charge in [0.05, 0.1) is 6.67 Å². The lowest BCUT2D eigenvalue weighted by Crippen LogP contribution is -2.38. The summed E-state index contributed by atoms with van der Waals surface area (Å²) in [7, 11) is 3.59. The number of Topliss-reactive ketones (excluding diaryl/α,β-unsaturated/α-hetero) is 1. The molecule has 9 heteroatoms. The van der Waals surface area contributed by atoms with E-state index >= 15 is 0 Å². The Balaban J connectivity index is 1.25. The Kier molecular flexibility index (Phi) is 17.9. The summed E-state index contributed by atoms with van der Waals surface area (Å²) in [5, 5.41) is 0. The number of hydrogen-bond acceptors (Lipinski definition) is 6. The summed E-state index contributed by atoms with van der Waals surface area (Å²) in [6.45, 7) is 4.78. The van der Waals surface area contributed by atoms with E-state index < -0.39 is 0 Å². The van der Waals surface area contributed by atoms with Gasteiger partial charge in [-0.2, -0.15) is 0 Å². The van der Waals surface area contributed by atoms with Crippen LogP contribution in [0.15, 0.2) is 70.3 Å². The van der Waals surface area contributed by atoms with Crippen molar-refractivity contribution in [3.05, 3.63) is 92.6 Å². The van der Waals surface area contributed by atoms with E-state index in [2.05, 4.69) is 16.8 Å². The van der Waals surface area contributed by atoms with Crippen LogP contribution in [-0.2, 0) is 7.05 Å². The van der Waals surface area contributed by atoms with Gasteiger partial charge in [0.25, 0.3) is 11.5 Å². The molecule has 1 aliphatic rings. The van der Waals surface area contributed by atoms with Gasteiger partial charge in [-0.15, -0.1) is 0 Å². The van der Waals surface area contributed by atoms with Crippen LogP contribution in [0, 0.1) is 5.92 Å². The molecule has 3 aromatic rings. The standard InChI is InChI=1S/C44H65N5O4/c1-4-5-6-7-8-9-10-13-16-25-32-48(43(52)37-29-23-19-24-30-37)34-38(40(50)36-27-21-18-22-28-36)31-20-15-12-11-14-17-26-33-49-35-46(2)39-41(51)45-44(53)47(3)42(39)49/h18-19,21-24,27-30,38H,4-17,20,25-26,31-35H2,1-3H3,(H,45,51,53). The zero-order valence-electron chi connectivity index (χ0n) is 32.8. The van der Waals surface area contributed by atoms with Crippen LogP contribution in [0.4, 0.5) is 11.5 Å². The highest BCUT2D eigenvalue weighted by Gasteiger charge is 2.29. The Labute approximate surface area is 317 Å². The summed E-state index contributed by atoms with van der Waals surface area (Å²) < 4.78 is 1.53. The van der Waals surface area contributed by atoms with E-state index in [1.54, 1.807) is 7.05 Å². The second-order valence-electron chi connectivity index (χ2n) is 15.1. The maximum absolute atomic E-state index is 13.9. The molecule has 1 unspecified atom stereocenters. The Hall–Kier alpha value is -4.14. The molecule has 2 heterocycles. The lowest BCUT2D eigenvalue weighted by Gasteiger charge is -2.28. The van der Waals surface area contributed by atoms with Crippen LogP contribution >= 0.6 is 0 Å². The summed E-state index contributed by atoms with van der Waals surface area (Å²) in [6.07, 6.45) is 20.6. The predicted molar refractivity (Wildman–Crippen MR) is 218 cm³/mol. The summed E-state index contributed by atoms with van der Waals surface area (Å²) in [6, 6.07) is 19.1. The van der Waals surface area contributed by atoms with Crippen LogP contribution in [0.2, 0.25) is 0 Å². The van der Waals surface area contributed by atoms with Crippen molar-refractivity contribution in [1.82, 2.24) is 14.5 Å². The Morgan fingerprint density at radius 1 is 0.698 bits per heavy atom. The number of unbranched alkanes of at least 4 members (excludes halogenated alkanes) is 15. The van der Waals surface area contributed by atoms with Gasteiger partial charge in [0.15, 0.2) is 5.78 Å². The minimum absolute atomic E-state index is 0.0190. The Bertz CT molecular complexity index is 1640. The summed E-state index contributed by atoms with van der Waals surface area (Å²) in [5.74, 6) is 0.616. The molecule has 1 aromatic heterocycles. The van der Waals surface area contributed by atoms with E-state index in [9.17, 15) is 19.2 Å². The summed E-state index contributed by atoms with van der Waals surface area (Å²) in [5.41, 5.74) is 1.25. The van der Waals surface area contributed by atoms with Gasteiger partial charge in [0, 0.05) is 50.8 Å². The molecule has 1 amide bonds. The number of anilines is 2. The fraction of sp³-hybridized carbons (Fsp3) is 0.591. The number of nitrogens with one attached hydrogen (secondary N) is 1. The number of aromatic nitrogens is 2. The molecule has 0 fully saturated rings. The molecule has 9 nitrogen and oxygen atoms in total. The third-order valence-electron chi connectivity index (χ3n) is 10.8. The third kappa shape index (κ3) is 13.0. The molecule has 4 rings (SSSR count). The molecule has 0 bridgehead atoms. The summed E-state index contributed by atoms with van der Waals surface area (Å²) in [4.78, 5) is 60.7. The zero-order valence-corrected chi connectivity index (χ0v) is 32.8. The molecular formula is C44H65N5O4. The fourth-order valence-electron chi connectivity index (χ4n) is 7.69. The van der Waals surface area contributed by atoms with Crippen molar-refractivity contribution in [2.24, 2.45) is 13.0 Å². The van der Waals surface area contributed by atoms with E-state index in [4.69, 9.17) is 0 Å². The number of H-pyrrole nitrogens is 1. The van der Waals surface area contributed by atoms with E-state index in [-0.39, 0.29) is 28.9 Å². The van der Waals surface area contributed by atoms with Crippen LogP contribution in [0.5, 0.6) is 0 Å². The maximum Gasteiger partial charge on any atom is 0.329 e. The molecule has 0 saturated heterocycles. The van der Waals surface area contributed by atoms with Crippen LogP contribution in [0.1, 0.15) is 143 Å². The second-order valence-corrected chi connectivity index (χ2v) is 15.1. The fourth-order valence-corrected chi connectivity index (χ4v) is 7.69. The topological polar surface area (TPSA) is 98.7 Å². The van der Waals surface area contributed by atoms with Gasteiger partial charge >= 0.3 is 5.69 Å². The molecule has 1 N–H and O–H groups in total. The van der Waals surface area contributed by atoms with E-state index in [1.807, 2.05) is 77.5 Å². The molecule has 2 aromatic carbocycles. The van der Waals surface area contributed by atoms with Gasteiger partial charge in [-0.05, 0) is 31.4 Å². The number of amides is 1. The predicted octanol–water partition coefficient (Wildman–Crippen LogP) is 8.97. The first-order valence-electron chi connectivity index (χ1n) is 20.5. The van der Waals surface area contributed by atoms with E-state index in [1.165, 1.54) is 55.9 Å². The van der Waals surface area contributed by atoms with Crippen molar-refractivity contribution in [2.75, 3.05) is 43.2 Å². The number of carbonyl (C=O) groups excluding carboxylic acids is 2. The number of aromatic amines is 1. The Morgan fingerprint density at radius 2 is 1.23 bits per heavy atom. The van der Waals surface area contributed by atoms with Gasteiger partial charge in [0.2, 0.25) is 0 Å². The van der Waals surface area contributed by atoms with Crippen molar-refractivity contribution in [1.29, 1.82) is 0 Å². The lowest BCUT2D eigenvalue weighted by molar-refractivity contribution is 0.0692. The number of nitrogens with zero attached hydrogens (tertiary/aromatic N) is 4. The van der Waals surface area contributed by atoms with Crippen LogP contribution in [0.3, 0.4) is 0 Å². The van der Waals surface area contributed by atoms with Gasteiger partial charge < -0.3 is 14.7 Å². The quantitative estimate of drug-likeness (QED) is 0.0655. The molecule has 0 radical (unpaired) electrons. The Morgan fingerprint density at radius 3 is 1.83 bits per heavy atom. The number of fused-ring (bicyclic) bond motifs is 1. The normalized spacial score (nSPS) is 13.0. The van der Waals surface area contributed by atoms with Crippen molar-refractivity contribution in [2.45, 2.75) is 122 Å². The van der Waals surface area contributed by atoms with Crippen LogP contribution in [-0.4, -0.2) is 59.5 Å². The lowest BCUT2D eigenvalue weighted by atomic mass is 9.91. The molecule has 0 saturated carbocycles. The van der Waals surface area contributed by atoms with Crippen molar-refractivity contribution in [3.8, 4) is 0 Å². The average molecular weight is 728 g/mol. The number of ketones is 1. The smallest absolute Gasteiger partial charge is 0.329 e. The van der Waals surface area contributed by atoms with Crippen molar-refractivity contribution in [3.63, 3.8) is 0 Å². The third-order valence-corrected chi connectivity index (χ3v) is 10.8. The first kappa shape index (κ1) is 41.6. The average Bonchev–Trinajstić information content (AvgIpc) is 3.51. The molecular weight excluding hydrogens is 663 g/mol. The highest BCUT2D eigenvalue weighted by atomic mass is 16.2. The highest BCUT2D eigenvalue weighted by molar-refractivity contribution is 5.99. The SMILES string of the molecule is CCCCCCCCCCCCN(CC(CCCCCCCCCN1CN(C)c2c1n(C)c(=O)[nH]c2=O)C(=O)c1ccccc1)C(=O)c1ccccc1. The largest absolute Gasteiger partial charge is 0.349 e. The maximum atomic E-state index is 13.9. The highest BCUT2D eigenvalue weighted by Crippen LogP contribution is 2.30. The number of carbonyl (C=O) groups is 2. The number of benzene rings is 2. The van der Waals surface area contributed by atoms with Gasteiger partial charge in [-0.1, -0.05) is 152 Å². The zero-order chi connectivity index (χ0) is 37.8. The van der Waals surface area contributed by atoms with E-state index in [0.717, 1.165) is 76.3 Å². The first-order chi connectivity index (χ1) is 25.8. The second kappa shape index (κ2) is 22.8. The molecule has 0 spiro atoms. The summed E-state index contributed by atoms with van der Waals surface area (Å²) >= 11 is 0. The minimum Gasteiger partial charge on any atom is -0.349 e. The number of hydrogen-bond donors (Lipinski definition) is 1. The molecule has 53 heavy (non-hydrogen) atoms. The van der Waals surface area contributed by atoms with Crippen molar-refractivity contribution >= 4 is 23.2 Å². The van der Waals surface area contributed by atoms with E-state index in [0.29, 0.717) is 36.8 Å². The van der Waals surface area contributed by atoms with Gasteiger partial charge in [-0.25, -0.2) is 4.79 Å². The number of rotatable bonds is 26. The van der Waals surface area contributed by atoms with Crippen LogP contribution in [0.25, 0.3) is 0 Å². The van der Waals surface area contributed by atoms with Crippen molar-refractivity contribution < 1.29 is 9.59 Å². The van der Waals surface area contributed by atoms with Gasteiger partial charge in [-0.3, -0.25) is 23.9 Å². The minimum atomic E-state index is -0.383. The van der Waals surface area contributed by atoms with Gasteiger partial charge in [0.1, 0.15) is 11.5 Å². The molecule has 0 aliphatic carbocycles.